The van der Waals surface area contributed by atoms with E-state index in [2.05, 4.69) is 10.3 Å². The Morgan fingerprint density at radius 3 is 2.89 bits per heavy atom. The summed E-state index contributed by atoms with van der Waals surface area (Å²) in [6.45, 7) is 2.84. The highest BCUT2D eigenvalue weighted by Gasteiger charge is 2.14. The number of carboxylic acid groups (broad SMARTS) is 1. The molecule has 1 aromatic rings. The number of hydrogen-bond acceptors (Lipinski definition) is 4. The fourth-order valence-electron chi connectivity index (χ4n) is 2.41. The van der Waals surface area contributed by atoms with Crippen molar-refractivity contribution in [3.63, 3.8) is 0 Å². The van der Waals surface area contributed by atoms with Crippen LogP contribution in [0.15, 0.2) is 0 Å². The zero-order chi connectivity index (χ0) is 13.0. The molecule has 1 saturated carbocycles. The summed E-state index contributed by atoms with van der Waals surface area (Å²) in [5, 5.41) is 13.4. The maximum absolute atomic E-state index is 10.7. The van der Waals surface area contributed by atoms with Crippen molar-refractivity contribution in [2.24, 2.45) is 0 Å². The highest BCUT2D eigenvalue weighted by Crippen LogP contribution is 2.20. The summed E-state index contributed by atoms with van der Waals surface area (Å²) in [5.41, 5.74) is 0.873. The number of rotatable bonds is 6. The minimum absolute atomic E-state index is 0.0968. The molecule has 0 radical (unpaired) electrons. The van der Waals surface area contributed by atoms with E-state index in [1.165, 1.54) is 37.0 Å². The molecule has 2 N–H and O–H groups in total. The standard InChI is InChI=1S/C13H20N2O2S/c1-9-11(8-13(16)17)18-12(15-9)6-7-14-10-4-2-3-5-10/h10,14H,2-8H2,1H3,(H,16,17). The van der Waals surface area contributed by atoms with Crippen molar-refractivity contribution >= 4 is 17.3 Å². The SMILES string of the molecule is Cc1nc(CCNC2CCCC2)sc1CC(=O)O. The summed E-state index contributed by atoms with van der Waals surface area (Å²) in [4.78, 5) is 16.0. The molecule has 1 aromatic heterocycles. The van der Waals surface area contributed by atoms with Crippen LogP contribution >= 0.6 is 11.3 Å². The average Bonchev–Trinajstić information content (AvgIpc) is 2.90. The van der Waals surface area contributed by atoms with E-state index in [-0.39, 0.29) is 6.42 Å². The molecule has 5 heteroatoms. The van der Waals surface area contributed by atoms with Gasteiger partial charge in [-0.3, -0.25) is 4.79 Å². The van der Waals surface area contributed by atoms with E-state index >= 15 is 0 Å². The monoisotopic (exact) mass is 268 g/mol. The summed E-state index contributed by atoms with van der Waals surface area (Å²) in [6.07, 6.45) is 6.27. The number of nitrogens with zero attached hydrogens (tertiary/aromatic N) is 1. The van der Waals surface area contributed by atoms with Gasteiger partial charge in [0.05, 0.1) is 17.1 Å². The van der Waals surface area contributed by atoms with Crippen LogP contribution in [-0.2, 0) is 17.6 Å². The number of carbonyl (C=O) groups is 1. The second-order valence-corrected chi connectivity index (χ2v) is 6.04. The van der Waals surface area contributed by atoms with Crippen LogP contribution in [0.5, 0.6) is 0 Å². The Labute approximate surface area is 111 Å². The van der Waals surface area contributed by atoms with Crippen LogP contribution in [0.1, 0.15) is 41.3 Å². The number of aromatic nitrogens is 1. The zero-order valence-corrected chi connectivity index (χ0v) is 11.6. The van der Waals surface area contributed by atoms with Crippen molar-refractivity contribution < 1.29 is 9.90 Å². The Kier molecular flexibility index (Phi) is 4.72. The predicted molar refractivity (Wildman–Crippen MR) is 72.2 cm³/mol. The van der Waals surface area contributed by atoms with Gasteiger partial charge >= 0.3 is 5.97 Å². The molecule has 0 amide bonds. The van der Waals surface area contributed by atoms with E-state index in [1.54, 1.807) is 0 Å². The highest BCUT2D eigenvalue weighted by molar-refractivity contribution is 7.11. The molecule has 0 aromatic carbocycles. The van der Waals surface area contributed by atoms with Gasteiger partial charge < -0.3 is 10.4 Å². The van der Waals surface area contributed by atoms with Gasteiger partial charge in [-0.25, -0.2) is 4.98 Å². The van der Waals surface area contributed by atoms with Crippen LogP contribution in [-0.4, -0.2) is 28.6 Å². The molecule has 4 nitrogen and oxygen atoms in total. The van der Waals surface area contributed by atoms with E-state index in [4.69, 9.17) is 5.11 Å². The first-order valence-electron chi connectivity index (χ1n) is 6.55. The van der Waals surface area contributed by atoms with Crippen LogP contribution < -0.4 is 5.32 Å². The lowest BCUT2D eigenvalue weighted by Crippen LogP contribution is -2.27. The van der Waals surface area contributed by atoms with Gasteiger partial charge in [-0.15, -0.1) is 11.3 Å². The smallest absolute Gasteiger partial charge is 0.308 e. The van der Waals surface area contributed by atoms with Gasteiger partial charge in [-0.05, 0) is 19.8 Å². The maximum Gasteiger partial charge on any atom is 0.308 e. The first kappa shape index (κ1) is 13.5. The molecule has 0 saturated heterocycles. The fraction of sp³-hybridized carbons (Fsp3) is 0.692. The van der Waals surface area contributed by atoms with E-state index in [0.717, 1.165) is 28.5 Å². The Morgan fingerprint density at radius 1 is 1.50 bits per heavy atom. The summed E-state index contributed by atoms with van der Waals surface area (Å²) >= 11 is 1.54. The second kappa shape index (κ2) is 6.29. The second-order valence-electron chi connectivity index (χ2n) is 4.87. The quantitative estimate of drug-likeness (QED) is 0.830. The van der Waals surface area contributed by atoms with Crippen LogP contribution in [0.2, 0.25) is 0 Å². The first-order valence-corrected chi connectivity index (χ1v) is 7.37. The van der Waals surface area contributed by atoms with Crippen molar-refractivity contribution in [1.82, 2.24) is 10.3 Å². The van der Waals surface area contributed by atoms with Crippen molar-refractivity contribution in [1.29, 1.82) is 0 Å². The molecule has 100 valence electrons. The highest BCUT2D eigenvalue weighted by atomic mass is 32.1. The Morgan fingerprint density at radius 2 is 2.22 bits per heavy atom. The summed E-state index contributed by atoms with van der Waals surface area (Å²) in [5.74, 6) is -0.780. The molecule has 1 aliphatic rings. The molecule has 0 atom stereocenters. The van der Waals surface area contributed by atoms with Crippen molar-refractivity contribution in [3.05, 3.63) is 15.6 Å². The van der Waals surface area contributed by atoms with Crippen LogP contribution in [0.25, 0.3) is 0 Å². The van der Waals surface area contributed by atoms with E-state index < -0.39 is 5.97 Å². The lowest BCUT2D eigenvalue weighted by Gasteiger charge is -2.10. The molecule has 0 spiro atoms. The summed E-state index contributed by atoms with van der Waals surface area (Å²) in [6, 6.07) is 0.685. The zero-order valence-electron chi connectivity index (χ0n) is 10.7. The van der Waals surface area contributed by atoms with Crippen LogP contribution in [0, 0.1) is 6.92 Å². The third kappa shape index (κ3) is 3.78. The van der Waals surface area contributed by atoms with Gasteiger partial charge in [0.2, 0.25) is 0 Å². The first-order chi connectivity index (χ1) is 8.65. The normalized spacial score (nSPS) is 16.3. The predicted octanol–water partition coefficient (Wildman–Crippen LogP) is 2.15. The van der Waals surface area contributed by atoms with Crippen molar-refractivity contribution in [2.45, 2.75) is 51.5 Å². The van der Waals surface area contributed by atoms with E-state index in [1.807, 2.05) is 6.92 Å². The Balaban J connectivity index is 1.80. The number of carboxylic acids is 1. The number of thiazole rings is 1. The molecule has 18 heavy (non-hydrogen) atoms. The molecular formula is C13H20N2O2S. The van der Waals surface area contributed by atoms with E-state index in [9.17, 15) is 4.79 Å². The number of hydrogen-bond donors (Lipinski definition) is 2. The minimum atomic E-state index is -0.780. The summed E-state index contributed by atoms with van der Waals surface area (Å²) in [7, 11) is 0. The van der Waals surface area contributed by atoms with Crippen LogP contribution in [0.3, 0.4) is 0 Å². The Bertz CT molecular complexity index is 411. The molecule has 1 aliphatic carbocycles. The van der Waals surface area contributed by atoms with Crippen molar-refractivity contribution in [3.8, 4) is 0 Å². The minimum Gasteiger partial charge on any atom is -0.481 e. The third-order valence-corrected chi connectivity index (χ3v) is 4.59. The van der Waals surface area contributed by atoms with Gasteiger partial charge in [-0.1, -0.05) is 12.8 Å². The largest absolute Gasteiger partial charge is 0.481 e. The lowest BCUT2D eigenvalue weighted by atomic mass is 10.2. The molecule has 1 fully saturated rings. The molecule has 2 rings (SSSR count). The van der Waals surface area contributed by atoms with Gasteiger partial charge in [0, 0.05) is 23.9 Å². The third-order valence-electron chi connectivity index (χ3n) is 3.38. The molecule has 0 bridgehead atoms. The molecule has 0 aliphatic heterocycles. The molecular weight excluding hydrogens is 248 g/mol. The van der Waals surface area contributed by atoms with Gasteiger partial charge in [-0.2, -0.15) is 0 Å². The number of nitrogens with one attached hydrogen (secondary N) is 1. The lowest BCUT2D eigenvalue weighted by molar-refractivity contribution is -0.136. The number of aliphatic carboxylic acids is 1. The Hall–Kier alpha value is -0.940. The maximum atomic E-state index is 10.7. The van der Waals surface area contributed by atoms with Crippen LogP contribution in [0.4, 0.5) is 0 Å². The van der Waals surface area contributed by atoms with Gasteiger partial charge in [0.15, 0.2) is 0 Å². The van der Waals surface area contributed by atoms with E-state index in [0.29, 0.717) is 6.04 Å². The summed E-state index contributed by atoms with van der Waals surface area (Å²) < 4.78 is 0. The molecule has 1 heterocycles. The number of aryl methyl sites for hydroxylation is 1. The van der Waals surface area contributed by atoms with Crippen molar-refractivity contribution in [2.75, 3.05) is 6.54 Å². The fourth-order valence-corrected chi connectivity index (χ4v) is 3.47. The van der Waals surface area contributed by atoms with Gasteiger partial charge in [0.1, 0.15) is 0 Å². The topological polar surface area (TPSA) is 62.2 Å². The molecule has 0 unspecified atom stereocenters. The van der Waals surface area contributed by atoms with Gasteiger partial charge in [0.25, 0.3) is 0 Å². The average molecular weight is 268 g/mol.